The number of hydrogen-bond donors (Lipinski definition) is 2. The summed E-state index contributed by atoms with van der Waals surface area (Å²) < 4.78 is 5.28. The number of ketones is 1. The quantitative estimate of drug-likeness (QED) is 0.254. The first-order valence-corrected chi connectivity index (χ1v) is 11.1. The average Bonchev–Trinajstić information content (AvgIpc) is 2.88. The van der Waals surface area contributed by atoms with Crippen LogP contribution in [0.15, 0.2) is 91.0 Å². The molecule has 0 spiro atoms. The van der Waals surface area contributed by atoms with Gasteiger partial charge in [0, 0.05) is 12.8 Å². The average molecular weight is 471 g/mol. The van der Waals surface area contributed by atoms with Crippen molar-refractivity contribution in [1.29, 1.82) is 0 Å². The second-order valence-electron chi connectivity index (χ2n) is 7.85. The summed E-state index contributed by atoms with van der Waals surface area (Å²) in [6.07, 6.45) is 0.371. The van der Waals surface area contributed by atoms with E-state index in [0.717, 1.165) is 22.9 Å². The second-order valence-corrected chi connectivity index (χ2v) is 7.85. The Balaban J connectivity index is 1.73. The lowest BCUT2D eigenvalue weighted by molar-refractivity contribution is -0.127. The normalized spacial score (nSPS) is 11.9. The molecule has 0 aliphatic rings. The lowest BCUT2D eigenvalue weighted by atomic mass is 10.0. The summed E-state index contributed by atoms with van der Waals surface area (Å²) in [7, 11) is 0. The summed E-state index contributed by atoms with van der Waals surface area (Å²) in [5, 5.41) is 5.30. The molecule has 8 heteroatoms. The van der Waals surface area contributed by atoms with Gasteiger partial charge in [0.1, 0.15) is 18.7 Å². The van der Waals surface area contributed by atoms with Gasteiger partial charge in [-0.05, 0) is 16.7 Å². The molecule has 0 fully saturated rings. The lowest BCUT2D eigenvalue weighted by Gasteiger charge is -2.22. The first-order chi connectivity index (χ1) is 17.0. The highest BCUT2D eigenvalue weighted by molar-refractivity contribution is 6.28. The molecule has 0 heterocycles. The highest BCUT2D eigenvalue weighted by Crippen LogP contribution is 2.08. The topological polar surface area (TPSA) is 121 Å². The van der Waals surface area contributed by atoms with E-state index in [9.17, 15) is 14.4 Å². The number of hydrogen-bond acceptors (Lipinski definition) is 4. The van der Waals surface area contributed by atoms with Crippen LogP contribution in [-0.2, 0) is 33.8 Å². The number of benzene rings is 3. The molecule has 3 aromatic carbocycles. The Bertz CT molecular complexity index is 1160. The number of alkyl carbamates (subject to hydrolysis) is 1. The molecule has 2 atom stereocenters. The largest absolute Gasteiger partial charge is 0.445 e. The molecule has 35 heavy (non-hydrogen) atoms. The van der Waals surface area contributed by atoms with Crippen molar-refractivity contribution in [2.75, 3.05) is 0 Å². The number of rotatable bonds is 11. The first-order valence-electron chi connectivity index (χ1n) is 11.1. The number of ether oxygens (including phenoxy) is 1. The maximum absolute atomic E-state index is 13.2. The van der Waals surface area contributed by atoms with Crippen LogP contribution in [0.25, 0.3) is 5.53 Å². The van der Waals surface area contributed by atoms with Crippen molar-refractivity contribution in [1.82, 2.24) is 10.6 Å². The van der Waals surface area contributed by atoms with Gasteiger partial charge in [0.15, 0.2) is 0 Å². The third-order valence-corrected chi connectivity index (χ3v) is 5.23. The third kappa shape index (κ3) is 8.38. The minimum absolute atomic E-state index is 0.0500. The molecule has 0 saturated carbocycles. The van der Waals surface area contributed by atoms with Gasteiger partial charge in [-0.25, -0.2) is 4.79 Å². The van der Waals surface area contributed by atoms with Gasteiger partial charge in [0.25, 0.3) is 5.78 Å². The van der Waals surface area contributed by atoms with Crippen molar-refractivity contribution in [3.8, 4) is 0 Å². The Kier molecular flexibility index (Phi) is 9.48. The predicted octanol–water partition coefficient (Wildman–Crippen LogP) is 3.12. The van der Waals surface area contributed by atoms with Crippen LogP contribution in [-0.4, -0.2) is 40.9 Å². The van der Waals surface area contributed by atoms with Crippen molar-refractivity contribution >= 4 is 24.0 Å². The number of amides is 2. The van der Waals surface area contributed by atoms with Gasteiger partial charge in [0.2, 0.25) is 5.91 Å². The molecular weight excluding hydrogens is 444 g/mol. The number of carbonyl (C=O) groups excluding carboxylic acids is 3. The van der Waals surface area contributed by atoms with Gasteiger partial charge in [-0.15, -0.1) is 0 Å². The molecule has 8 nitrogen and oxygen atoms in total. The van der Waals surface area contributed by atoms with E-state index in [2.05, 4.69) is 15.4 Å². The summed E-state index contributed by atoms with van der Waals surface area (Å²) in [6, 6.07) is 25.5. The highest BCUT2D eigenvalue weighted by Gasteiger charge is 2.28. The van der Waals surface area contributed by atoms with Gasteiger partial charge in [-0.1, -0.05) is 91.0 Å². The van der Waals surface area contributed by atoms with Crippen molar-refractivity contribution in [2.24, 2.45) is 0 Å². The monoisotopic (exact) mass is 470 g/mol. The fourth-order valence-corrected chi connectivity index (χ4v) is 3.46. The van der Waals surface area contributed by atoms with Crippen LogP contribution in [0.2, 0.25) is 0 Å². The molecule has 0 aromatic heterocycles. The van der Waals surface area contributed by atoms with E-state index in [1.54, 1.807) is 0 Å². The van der Waals surface area contributed by atoms with Crippen molar-refractivity contribution < 1.29 is 23.9 Å². The molecule has 0 radical (unpaired) electrons. The van der Waals surface area contributed by atoms with Crippen LogP contribution in [0.1, 0.15) is 16.7 Å². The molecule has 0 bridgehead atoms. The minimum atomic E-state index is -1.00. The molecule has 0 saturated heterocycles. The van der Waals surface area contributed by atoms with Crippen LogP contribution in [0.3, 0.4) is 0 Å². The van der Waals surface area contributed by atoms with Crippen molar-refractivity contribution in [3.05, 3.63) is 113 Å². The SMILES string of the molecule is [N-]=[N+]=CC(=O)[C@H](Cc1ccccc1)NC(=O)[C@@H](Cc1ccccc1)NC(=O)OCc1ccccc1. The Hall–Kier alpha value is -4.55. The standard InChI is InChI=1S/C27H26N4O4/c28-29-18-25(32)23(16-20-10-4-1-5-11-20)30-26(33)24(17-21-12-6-2-7-13-21)31-27(34)35-19-22-14-8-3-9-15-22/h1-15,18,23-24H,16-17,19H2,(H,30,33)(H,31,34)/t23-,24+/m0/s1. The number of carbonyl (C=O) groups is 3. The summed E-state index contributed by atoms with van der Waals surface area (Å²) in [4.78, 5) is 41.0. The van der Waals surface area contributed by atoms with Crippen LogP contribution in [0.4, 0.5) is 4.79 Å². The highest BCUT2D eigenvalue weighted by atomic mass is 16.5. The summed E-state index contributed by atoms with van der Waals surface area (Å²) in [5.41, 5.74) is 11.3. The Morgan fingerprint density at radius 2 is 1.23 bits per heavy atom. The molecule has 3 rings (SSSR count). The van der Waals surface area contributed by atoms with E-state index in [4.69, 9.17) is 10.3 Å². The number of nitrogens with one attached hydrogen (secondary N) is 2. The van der Waals surface area contributed by atoms with Gasteiger partial charge in [-0.3, -0.25) is 9.59 Å². The molecule has 2 amide bonds. The summed E-state index contributed by atoms with van der Waals surface area (Å²) in [5.74, 6) is -1.14. The van der Waals surface area contributed by atoms with Crippen LogP contribution in [0, 0.1) is 0 Å². The molecule has 0 aliphatic heterocycles. The van der Waals surface area contributed by atoms with E-state index >= 15 is 0 Å². The zero-order valence-corrected chi connectivity index (χ0v) is 19.0. The predicted molar refractivity (Wildman–Crippen MR) is 130 cm³/mol. The van der Waals surface area contributed by atoms with Crippen LogP contribution < -0.4 is 10.6 Å². The smallest absolute Gasteiger partial charge is 0.408 e. The molecule has 0 unspecified atom stereocenters. The fourth-order valence-electron chi connectivity index (χ4n) is 3.46. The Labute approximate surface area is 203 Å². The van der Waals surface area contributed by atoms with E-state index in [0.29, 0.717) is 0 Å². The molecule has 2 N–H and O–H groups in total. The van der Waals surface area contributed by atoms with E-state index in [1.165, 1.54) is 0 Å². The molecular formula is C27H26N4O4. The lowest BCUT2D eigenvalue weighted by Crippen LogP contribution is -2.53. The Morgan fingerprint density at radius 3 is 1.74 bits per heavy atom. The first kappa shape index (κ1) is 25.1. The van der Waals surface area contributed by atoms with E-state index in [1.807, 2.05) is 91.0 Å². The van der Waals surface area contributed by atoms with Gasteiger partial charge < -0.3 is 20.9 Å². The maximum Gasteiger partial charge on any atom is 0.408 e. The number of nitrogens with zero attached hydrogens (tertiary/aromatic N) is 2. The van der Waals surface area contributed by atoms with Gasteiger partial charge in [-0.2, -0.15) is 4.79 Å². The summed E-state index contributed by atoms with van der Waals surface area (Å²) >= 11 is 0. The minimum Gasteiger partial charge on any atom is -0.445 e. The van der Waals surface area contributed by atoms with Crippen LogP contribution in [0.5, 0.6) is 0 Å². The zero-order chi connectivity index (χ0) is 24.9. The van der Waals surface area contributed by atoms with Crippen molar-refractivity contribution in [3.63, 3.8) is 0 Å². The van der Waals surface area contributed by atoms with Gasteiger partial charge >= 0.3 is 12.3 Å². The fraction of sp³-hybridized carbons (Fsp3) is 0.185. The van der Waals surface area contributed by atoms with Gasteiger partial charge in [0.05, 0.1) is 0 Å². The Morgan fingerprint density at radius 1 is 0.743 bits per heavy atom. The molecule has 3 aromatic rings. The van der Waals surface area contributed by atoms with E-state index in [-0.39, 0.29) is 19.4 Å². The second kappa shape index (κ2) is 13.2. The molecule has 0 aliphatic carbocycles. The zero-order valence-electron chi connectivity index (χ0n) is 19.0. The van der Waals surface area contributed by atoms with Crippen LogP contribution >= 0.6 is 0 Å². The number of Topliss-reactive ketones (excluding diaryl/α,β-unsaturated/α-hetero) is 1. The van der Waals surface area contributed by atoms with E-state index < -0.39 is 29.9 Å². The molecule has 178 valence electrons. The maximum atomic E-state index is 13.2. The van der Waals surface area contributed by atoms with Crippen molar-refractivity contribution in [2.45, 2.75) is 31.5 Å². The third-order valence-electron chi connectivity index (χ3n) is 5.23. The summed E-state index contributed by atoms with van der Waals surface area (Å²) in [6.45, 7) is 0.0500.